The summed E-state index contributed by atoms with van der Waals surface area (Å²) < 4.78 is 8.11. The number of rotatable bonds is 8. The molecule has 0 radical (unpaired) electrons. The minimum absolute atomic E-state index is 0. The van der Waals surface area contributed by atoms with Crippen molar-refractivity contribution in [2.24, 2.45) is 0 Å². The van der Waals surface area contributed by atoms with Crippen LogP contribution < -0.4 is 85.2 Å². The van der Waals surface area contributed by atoms with Crippen molar-refractivity contribution in [3.8, 4) is 22.7 Å². The second-order valence-corrected chi connectivity index (χ2v) is 41.5. The van der Waals surface area contributed by atoms with Crippen LogP contribution in [0, 0.1) is 131 Å². The average molecular weight is 2530 g/mol. The van der Waals surface area contributed by atoms with Crippen LogP contribution in [0.2, 0.25) is 0 Å². The maximum absolute atomic E-state index is 4.90. The van der Waals surface area contributed by atoms with Gasteiger partial charge in [0.05, 0.1) is 22.8 Å². The molecule has 16 nitrogen and oxygen atoms in total. The zero-order valence-corrected chi connectivity index (χ0v) is 86.1. The second-order valence-electron chi connectivity index (χ2n) is 33.1. The van der Waals surface area contributed by atoms with E-state index in [4.69, 9.17) is 20.4 Å². The molecule has 0 bridgehead atoms. The van der Waals surface area contributed by atoms with Crippen LogP contribution in [0.4, 0.5) is 22.7 Å². The average Bonchev–Trinajstić information content (AvgIpc) is 1.51. The van der Waals surface area contributed by atoms with Gasteiger partial charge in [-0.25, -0.2) is 0 Å². The molecule has 0 spiro atoms. The molecule has 632 valence electrons. The van der Waals surface area contributed by atoms with E-state index < -0.39 is 0 Å². The Balaban J connectivity index is 0.000000151. The molecule has 0 saturated carbocycles. The maximum Gasteiger partial charge on any atom is 4.00 e. The van der Waals surface area contributed by atoms with Gasteiger partial charge in [-0.3, -0.25) is 18.7 Å². The summed E-state index contributed by atoms with van der Waals surface area (Å²) >= 11 is 15.2. The molecule has 14 aromatic rings. The van der Waals surface area contributed by atoms with Gasteiger partial charge in [0, 0.05) is 61.9 Å². The number of fused-ring (bicyclic) bond motifs is 20. The number of aryl methyl sites for hydroxylation is 8. The van der Waals surface area contributed by atoms with E-state index in [1.807, 2.05) is 141 Å². The topological polar surface area (TPSA) is 97.2 Å². The molecule has 26 rings (SSSR count). The molecule has 12 aliphatic heterocycles. The number of hydrogen-bond donors (Lipinski definition) is 0. The Hall–Kier alpha value is -7.79. The number of hydrogen-bond acceptors (Lipinski definition) is 20. The molecule has 0 saturated heterocycles. The smallest absolute Gasteiger partial charge is 0.510 e. The van der Waals surface area contributed by atoms with Crippen LogP contribution in [0.5, 0.6) is 0 Å². The first kappa shape index (κ1) is 86.9. The third-order valence-corrected chi connectivity index (χ3v) is 34.6. The molecule has 4 aromatic heterocycles. The molecule has 0 N–H and O–H groups in total. The first-order valence-electron chi connectivity index (χ1n) is 41.0. The summed E-state index contributed by atoms with van der Waals surface area (Å²) in [7, 11) is 8.24. The minimum Gasteiger partial charge on any atom is -0.510 e. The van der Waals surface area contributed by atoms with Crippen LogP contribution in [0.25, 0.3) is 22.7 Å². The fraction of sp³-hybridized carbons (Fsp3) is 0.125. The molecule has 10 aromatic carbocycles. The number of anilines is 4. The van der Waals surface area contributed by atoms with E-state index in [1.54, 1.807) is 0 Å². The van der Waals surface area contributed by atoms with E-state index in [0.717, 1.165) is 113 Å². The van der Waals surface area contributed by atoms with Crippen molar-refractivity contribution in [1.29, 1.82) is 0 Å². The molecule has 0 aliphatic carbocycles. The summed E-state index contributed by atoms with van der Waals surface area (Å²) in [6, 6.07) is 76.3. The normalized spacial score (nSPS) is 15.7. The minimum atomic E-state index is -0.115. The Bertz CT molecular complexity index is 6420. The summed E-state index contributed by atoms with van der Waals surface area (Å²) in [5.41, 5.74) is 31.1. The van der Waals surface area contributed by atoms with E-state index in [9.17, 15) is 0 Å². The quantitative estimate of drug-likeness (QED) is 0.107. The van der Waals surface area contributed by atoms with E-state index in [2.05, 4.69) is 341 Å². The van der Waals surface area contributed by atoms with Gasteiger partial charge in [0.1, 0.15) is 0 Å². The van der Waals surface area contributed by atoms with Gasteiger partial charge < -0.3 is 39.2 Å². The van der Waals surface area contributed by atoms with Crippen LogP contribution in [0.15, 0.2) is 249 Å². The molecule has 32 heteroatoms. The zero-order chi connectivity index (χ0) is 83.4. The Morgan fingerprint density at radius 2 is 0.406 bits per heavy atom. The van der Waals surface area contributed by atoms with Crippen LogP contribution >= 0.6 is 94.1 Å². The third kappa shape index (κ3) is 14.0. The van der Waals surface area contributed by atoms with Crippen molar-refractivity contribution in [3.63, 3.8) is 0 Å². The molecular formula is C96H68B4N16Pt4S8. The summed E-state index contributed by atoms with van der Waals surface area (Å²) in [6.45, 7) is 24.7. The van der Waals surface area contributed by atoms with E-state index >= 15 is 0 Å². The second kappa shape index (κ2) is 33.1. The predicted molar refractivity (Wildman–Crippen MR) is 508 cm³/mol. The first-order chi connectivity index (χ1) is 60.3. The van der Waals surface area contributed by atoms with Gasteiger partial charge in [-0.1, -0.05) is 0 Å². The molecule has 0 atom stereocenters. The fourth-order valence-electron chi connectivity index (χ4n) is 19.1. The molecule has 0 unspecified atom stereocenters. The summed E-state index contributed by atoms with van der Waals surface area (Å²) in [6.07, 6.45) is 16.7. The molecule has 12 aliphatic rings. The maximum atomic E-state index is 4.90. The van der Waals surface area contributed by atoms with Gasteiger partial charge in [-0.05, 0) is 202 Å². The van der Waals surface area contributed by atoms with Crippen molar-refractivity contribution in [1.82, 2.24) is 58.7 Å². The summed E-state index contributed by atoms with van der Waals surface area (Å²) in [4.78, 5) is 37.3. The third-order valence-electron chi connectivity index (χ3n) is 24.4. The predicted octanol–water partition coefficient (Wildman–Crippen LogP) is 12.1. The van der Waals surface area contributed by atoms with Gasteiger partial charge >= 0.3 is 84.3 Å². The Kier molecular flexibility index (Phi) is 22.5. The SMILES string of the molecule is CN1C=CN(c2[c-]c3c(cc2)Sc2c4c5c(c6c2B3c2[c-]c(N3C=CN(C)[CH-]3)ccc2S6)Sc2ccc(N3C=CN(C)[CH-]3)[c-]c2B5c2[c-]c(N3C=CN(C)[CH-]3)ccc2S4)[CH-]1.Cc1cc(C)n(-c2[c-]c3c(cc2)Sc2c4c5c(c6c2B3c2[c-]c(-n3nc(C)cc3C)ccc2S6)Sc2ccc(-n3nc(C)cc3C)[c-]c2B5c2[c-]c(-n3nc(C)cc3C)ccc2S4)n1.[Pt+2].[Pt+2].[Pt+4].[Pt+4]. The molecule has 16 heterocycles. The van der Waals surface area contributed by atoms with E-state index in [0.29, 0.717) is 0 Å². The van der Waals surface area contributed by atoms with Gasteiger partial charge in [0.25, 0.3) is 0 Å². The molecular weight excluding hydrogens is 2460 g/mol. The Morgan fingerprint density at radius 1 is 0.242 bits per heavy atom. The van der Waals surface area contributed by atoms with Gasteiger partial charge in [-0.15, -0.1) is 110 Å². The Morgan fingerprint density at radius 3 is 0.555 bits per heavy atom. The zero-order valence-electron chi connectivity index (χ0n) is 70.5. The largest absolute Gasteiger partial charge is 4.00 e. The van der Waals surface area contributed by atoms with Crippen LogP contribution in [-0.2, 0) is 84.3 Å². The summed E-state index contributed by atoms with van der Waals surface area (Å²) in [5.74, 6) is 0. The number of nitrogens with zero attached hydrogens (tertiary/aromatic N) is 16. The van der Waals surface area contributed by atoms with E-state index in [1.165, 1.54) is 122 Å². The van der Waals surface area contributed by atoms with Crippen LogP contribution in [-0.4, -0.2) is 114 Å². The monoisotopic (exact) mass is 2520 g/mol. The molecule has 0 fully saturated rings. The Labute approximate surface area is 838 Å². The van der Waals surface area contributed by atoms with Crippen molar-refractivity contribution < 1.29 is 84.3 Å². The number of aromatic nitrogens is 8. The van der Waals surface area contributed by atoms with Crippen molar-refractivity contribution in [3.05, 3.63) is 292 Å². The summed E-state index contributed by atoms with van der Waals surface area (Å²) in [5, 5.41) is 19.6. The molecule has 128 heavy (non-hydrogen) atoms. The van der Waals surface area contributed by atoms with Crippen molar-refractivity contribution >= 4 is 209 Å². The molecule has 0 amide bonds. The van der Waals surface area contributed by atoms with E-state index in [-0.39, 0.29) is 111 Å². The van der Waals surface area contributed by atoms with Crippen LogP contribution in [0.1, 0.15) is 45.6 Å². The first-order valence-corrected chi connectivity index (χ1v) is 47.5. The van der Waals surface area contributed by atoms with Crippen LogP contribution in [0.3, 0.4) is 0 Å². The van der Waals surface area contributed by atoms with Gasteiger partial charge in [0.15, 0.2) is 26.9 Å². The van der Waals surface area contributed by atoms with Crippen molar-refractivity contribution in [2.75, 3.05) is 47.8 Å². The standard InChI is InChI=1S/C50H36B2N8S4.C46H32B2N8S4.4Pt/c1-25-17-29(5)57(53-25)33-9-13-41-37(21-33)51-38-22-34(58-30(6)18-26(2)54-58)10-14-42(38)62-48-45(51)47(61-41)49-46-50(48)64-44-16-12-36(60-32(8)20-28(4)56-60)24-40(44)52(46)39-23-35(11-15-43(39)63-49)59-31(7)19-27(3)55-59;1-49-13-17-53(25-49)29-5-9-37-33(21-29)47-34-22-30(54-18-14-50(2)26-54)6-10-38(34)58-44-41(47)43(57-37)45-42-46(44)60-40-12-8-32(56-20-16-52(4)28-56)24-36(40)48(42)35-23-31(7-11-39(35)59-45)55-19-15-51(3)27-55;;;;/h9-20H,1-8H3;5-20,25-28H,1-4H3;;;;/q-4;-8;2*+2;2*+4. The van der Waals surface area contributed by atoms with Crippen molar-refractivity contribution in [2.45, 2.75) is 134 Å². The van der Waals surface area contributed by atoms with Gasteiger partial charge in [-0.2, -0.15) is 282 Å². The number of benzene rings is 10. The van der Waals surface area contributed by atoms with Gasteiger partial charge in [0.2, 0.25) is 0 Å². The fourth-order valence-corrected chi connectivity index (χ4v) is 29.7.